The highest BCUT2D eigenvalue weighted by molar-refractivity contribution is 5.66. The van der Waals surface area contributed by atoms with Crippen molar-refractivity contribution in [1.29, 1.82) is 0 Å². The van der Waals surface area contributed by atoms with Crippen LogP contribution in [0.2, 0.25) is 0 Å². The Morgan fingerprint density at radius 3 is 2.78 bits per heavy atom. The molecule has 0 saturated carbocycles. The van der Waals surface area contributed by atoms with E-state index < -0.39 is 0 Å². The van der Waals surface area contributed by atoms with Crippen LogP contribution in [0, 0.1) is 0 Å². The Kier molecular flexibility index (Phi) is 3.77. The molecule has 0 radical (unpaired) electrons. The van der Waals surface area contributed by atoms with E-state index in [9.17, 15) is 0 Å². The maximum Gasteiger partial charge on any atom is 0.0195 e. The number of nitrogens with one attached hydrogen (secondary N) is 1. The summed E-state index contributed by atoms with van der Waals surface area (Å²) >= 11 is 0. The number of benzene rings is 1. The fourth-order valence-electron chi connectivity index (χ4n) is 3.02. The first-order valence-electron chi connectivity index (χ1n) is 7.12. The molecule has 0 amide bonds. The van der Waals surface area contributed by atoms with Crippen molar-refractivity contribution < 1.29 is 0 Å². The first kappa shape index (κ1) is 11.9. The van der Waals surface area contributed by atoms with E-state index in [4.69, 9.17) is 0 Å². The minimum atomic E-state index is 0.733. The van der Waals surface area contributed by atoms with Crippen LogP contribution in [0.4, 0.5) is 0 Å². The lowest BCUT2D eigenvalue weighted by atomic mass is 9.99. The maximum atomic E-state index is 3.58. The SMILES string of the molecule is C1=C(c2ccccc2)CCN(C[C@@H]2CCCN2)C1. The van der Waals surface area contributed by atoms with E-state index in [1.165, 1.54) is 50.0 Å². The molecule has 2 heteroatoms. The Morgan fingerprint density at radius 2 is 2.11 bits per heavy atom. The van der Waals surface area contributed by atoms with Crippen LogP contribution in [0.15, 0.2) is 36.4 Å². The average molecular weight is 242 g/mol. The zero-order chi connectivity index (χ0) is 12.2. The molecule has 1 N–H and O–H groups in total. The van der Waals surface area contributed by atoms with Gasteiger partial charge in [0.2, 0.25) is 0 Å². The van der Waals surface area contributed by atoms with E-state index in [1.807, 2.05) is 0 Å². The van der Waals surface area contributed by atoms with E-state index in [2.05, 4.69) is 46.6 Å². The van der Waals surface area contributed by atoms with Crippen molar-refractivity contribution in [3.05, 3.63) is 42.0 Å². The molecule has 2 aliphatic rings. The minimum absolute atomic E-state index is 0.733. The van der Waals surface area contributed by atoms with E-state index in [0.29, 0.717) is 0 Å². The van der Waals surface area contributed by atoms with Gasteiger partial charge in [0.15, 0.2) is 0 Å². The lowest BCUT2D eigenvalue weighted by Gasteiger charge is -2.28. The molecule has 0 bridgehead atoms. The van der Waals surface area contributed by atoms with Gasteiger partial charge in [-0.05, 0) is 36.9 Å². The molecule has 18 heavy (non-hydrogen) atoms. The molecule has 1 fully saturated rings. The van der Waals surface area contributed by atoms with Crippen molar-refractivity contribution >= 4 is 5.57 Å². The third-order valence-electron chi connectivity index (χ3n) is 4.08. The normalized spacial score (nSPS) is 25.1. The van der Waals surface area contributed by atoms with Crippen LogP contribution >= 0.6 is 0 Å². The molecule has 0 unspecified atom stereocenters. The third-order valence-corrected chi connectivity index (χ3v) is 4.08. The van der Waals surface area contributed by atoms with Gasteiger partial charge >= 0.3 is 0 Å². The number of hydrogen-bond acceptors (Lipinski definition) is 2. The third kappa shape index (κ3) is 2.82. The zero-order valence-corrected chi connectivity index (χ0v) is 10.9. The molecule has 3 rings (SSSR count). The molecule has 2 nitrogen and oxygen atoms in total. The molecule has 96 valence electrons. The summed E-state index contributed by atoms with van der Waals surface area (Å²) in [6, 6.07) is 11.5. The summed E-state index contributed by atoms with van der Waals surface area (Å²) in [6.07, 6.45) is 6.31. The minimum Gasteiger partial charge on any atom is -0.313 e. The number of hydrogen-bond donors (Lipinski definition) is 1. The Labute approximate surface area is 110 Å². The first-order chi connectivity index (χ1) is 8.92. The van der Waals surface area contributed by atoms with E-state index >= 15 is 0 Å². The molecule has 1 aromatic rings. The molecule has 0 aliphatic carbocycles. The van der Waals surface area contributed by atoms with Crippen LogP contribution in [0.3, 0.4) is 0 Å². The Bertz CT molecular complexity index is 404. The van der Waals surface area contributed by atoms with Crippen LogP contribution in [-0.2, 0) is 0 Å². The number of rotatable bonds is 3. The van der Waals surface area contributed by atoms with Crippen LogP contribution in [0.25, 0.3) is 5.57 Å². The largest absolute Gasteiger partial charge is 0.313 e. The second-order valence-electron chi connectivity index (χ2n) is 5.40. The van der Waals surface area contributed by atoms with Gasteiger partial charge in [0.25, 0.3) is 0 Å². The lowest BCUT2D eigenvalue weighted by Crippen LogP contribution is -2.39. The number of nitrogens with zero attached hydrogens (tertiary/aromatic N) is 1. The highest BCUT2D eigenvalue weighted by Gasteiger charge is 2.19. The van der Waals surface area contributed by atoms with Gasteiger partial charge in [-0.25, -0.2) is 0 Å². The summed E-state index contributed by atoms with van der Waals surface area (Å²) < 4.78 is 0. The monoisotopic (exact) mass is 242 g/mol. The van der Waals surface area contributed by atoms with Gasteiger partial charge in [-0.2, -0.15) is 0 Å². The average Bonchev–Trinajstić information content (AvgIpc) is 2.94. The predicted molar refractivity (Wildman–Crippen MR) is 76.5 cm³/mol. The molecule has 2 heterocycles. The molecule has 1 aromatic carbocycles. The molecular weight excluding hydrogens is 220 g/mol. The molecule has 0 spiro atoms. The van der Waals surface area contributed by atoms with Gasteiger partial charge in [-0.15, -0.1) is 0 Å². The van der Waals surface area contributed by atoms with E-state index in [1.54, 1.807) is 0 Å². The fourth-order valence-corrected chi connectivity index (χ4v) is 3.02. The Balaban J connectivity index is 1.57. The topological polar surface area (TPSA) is 15.3 Å². The van der Waals surface area contributed by atoms with Crippen molar-refractivity contribution in [3.63, 3.8) is 0 Å². The zero-order valence-electron chi connectivity index (χ0n) is 10.9. The Morgan fingerprint density at radius 1 is 1.22 bits per heavy atom. The van der Waals surface area contributed by atoms with Crippen molar-refractivity contribution in [3.8, 4) is 0 Å². The molecular formula is C16H22N2. The van der Waals surface area contributed by atoms with Gasteiger partial charge in [0.1, 0.15) is 0 Å². The standard InChI is InChI=1S/C16H22N2/c1-2-5-14(6-3-1)15-8-11-18(12-9-15)13-16-7-4-10-17-16/h1-3,5-6,8,16-17H,4,7,9-13H2/t16-/m0/s1. The molecule has 0 aromatic heterocycles. The highest BCUT2D eigenvalue weighted by atomic mass is 15.2. The molecule has 1 saturated heterocycles. The van der Waals surface area contributed by atoms with Gasteiger partial charge in [-0.1, -0.05) is 36.4 Å². The summed E-state index contributed by atoms with van der Waals surface area (Å²) in [6.45, 7) is 4.75. The van der Waals surface area contributed by atoms with Crippen molar-refractivity contribution in [2.75, 3.05) is 26.2 Å². The van der Waals surface area contributed by atoms with E-state index in [-0.39, 0.29) is 0 Å². The summed E-state index contributed by atoms with van der Waals surface area (Å²) in [4.78, 5) is 2.58. The smallest absolute Gasteiger partial charge is 0.0195 e. The van der Waals surface area contributed by atoms with Crippen LogP contribution in [-0.4, -0.2) is 37.1 Å². The predicted octanol–water partition coefficient (Wildman–Crippen LogP) is 2.53. The van der Waals surface area contributed by atoms with Gasteiger partial charge in [-0.3, -0.25) is 4.90 Å². The van der Waals surface area contributed by atoms with Crippen LogP contribution in [0.1, 0.15) is 24.8 Å². The van der Waals surface area contributed by atoms with Crippen molar-refractivity contribution in [2.45, 2.75) is 25.3 Å². The summed E-state index contributed by atoms with van der Waals surface area (Å²) in [5.41, 5.74) is 2.92. The van der Waals surface area contributed by atoms with E-state index in [0.717, 1.165) is 12.6 Å². The summed E-state index contributed by atoms with van der Waals surface area (Å²) in [5.74, 6) is 0. The van der Waals surface area contributed by atoms with Gasteiger partial charge in [0, 0.05) is 25.7 Å². The second kappa shape index (κ2) is 5.68. The van der Waals surface area contributed by atoms with Gasteiger partial charge < -0.3 is 5.32 Å². The molecule has 1 atom stereocenters. The molecule has 2 aliphatic heterocycles. The quantitative estimate of drug-likeness (QED) is 0.876. The first-order valence-corrected chi connectivity index (χ1v) is 7.12. The summed E-state index contributed by atoms with van der Waals surface area (Å²) in [5, 5.41) is 3.58. The highest BCUT2D eigenvalue weighted by Crippen LogP contribution is 2.22. The van der Waals surface area contributed by atoms with Crippen molar-refractivity contribution in [1.82, 2.24) is 10.2 Å². The van der Waals surface area contributed by atoms with Gasteiger partial charge in [0.05, 0.1) is 0 Å². The maximum absolute atomic E-state index is 3.58. The fraction of sp³-hybridized carbons (Fsp3) is 0.500. The Hall–Kier alpha value is -1.12. The van der Waals surface area contributed by atoms with Crippen LogP contribution < -0.4 is 5.32 Å². The summed E-state index contributed by atoms with van der Waals surface area (Å²) in [7, 11) is 0. The lowest BCUT2D eigenvalue weighted by molar-refractivity contribution is 0.273. The van der Waals surface area contributed by atoms with Crippen LogP contribution in [0.5, 0.6) is 0 Å². The second-order valence-corrected chi connectivity index (χ2v) is 5.40. The van der Waals surface area contributed by atoms with Crippen molar-refractivity contribution in [2.24, 2.45) is 0 Å².